The molecule has 1 rings (SSSR count). The van der Waals surface area contributed by atoms with Gasteiger partial charge in [0.1, 0.15) is 0 Å². The monoisotopic (exact) mass is 341 g/mol. The summed E-state index contributed by atoms with van der Waals surface area (Å²) in [6.45, 7) is 4.98. The van der Waals surface area contributed by atoms with Gasteiger partial charge in [0.05, 0.1) is 18.8 Å². The first-order chi connectivity index (χ1) is 11.1. The van der Waals surface area contributed by atoms with Crippen molar-refractivity contribution in [1.29, 1.82) is 0 Å². The van der Waals surface area contributed by atoms with Crippen LogP contribution in [-0.2, 0) is 9.47 Å². The first kappa shape index (κ1) is 19.3. The van der Waals surface area contributed by atoms with Gasteiger partial charge in [0.2, 0.25) is 0 Å². The normalized spacial score (nSPS) is 10.2. The zero-order chi connectivity index (χ0) is 17.1. The van der Waals surface area contributed by atoms with Crippen molar-refractivity contribution in [3.8, 4) is 0 Å². The number of halogens is 1. The number of alkyl halides is 1. The summed E-state index contributed by atoms with van der Waals surface area (Å²) >= 11 is 5.73. The Morgan fingerprint density at radius 2 is 1.78 bits per heavy atom. The first-order valence-electron chi connectivity index (χ1n) is 7.91. The van der Waals surface area contributed by atoms with Crippen LogP contribution in [0.4, 0.5) is 10.5 Å². The smallest absolute Gasteiger partial charge is 0.414 e. The molecule has 0 heterocycles. The number of esters is 1. The molecule has 5 nitrogen and oxygen atoms in total. The molecule has 23 heavy (non-hydrogen) atoms. The maximum absolute atomic E-state index is 12.2. The topological polar surface area (TPSA) is 55.8 Å². The summed E-state index contributed by atoms with van der Waals surface area (Å²) in [6, 6.07) is 6.70. The van der Waals surface area contributed by atoms with Crippen LogP contribution in [0.25, 0.3) is 0 Å². The van der Waals surface area contributed by atoms with E-state index in [0.29, 0.717) is 43.3 Å². The van der Waals surface area contributed by atoms with Gasteiger partial charge in [0, 0.05) is 18.1 Å². The van der Waals surface area contributed by atoms with Crippen LogP contribution in [0.1, 0.15) is 43.5 Å². The van der Waals surface area contributed by atoms with Crippen molar-refractivity contribution >= 4 is 29.4 Å². The Morgan fingerprint density at radius 3 is 2.35 bits per heavy atom. The molecule has 0 saturated heterocycles. The fraction of sp³-hybridized carbons (Fsp3) is 0.529. The predicted octanol–water partition coefficient (Wildman–Crippen LogP) is 4.24. The molecule has 0 aliphatic rings. The molecule has 1 aromatic carbocycles. The summed E-state index contributed by atoms with van der Waals surface area (Å²) in [6.07, 6.45) is 2.05. The average molecular weight is 342 g/mol. The lowest BCUT2D eigenvalue weighted by Crippen LogP contribution is -2.33. The number of ether oxygens (including phenoxy) is 2. The highest BCUT2D eigenvalue weighted by Gasteiger charge is 2.17. The van der Waals surface area contributed by atoms with Gasteiger partial charge in [-0.3, -0.25) is 4.90 Å². The molecule has 0 aromatic heterocycles. The van der Waals surface area contributed by atoms with Crippen LogP contribution in [-0.4, -0.2) is 37.7 Å². The maximum atomic E-state index is 12.2. The highest BCUT2D eigenvalue weighted by molar-refractivity contribution is 6.17. The van der Waals surface area contributed by atoms with Gasteiger partial charge in [0.25, 0.3) is 0 Å². The third kappa shape index (κ3) is 6.48. The summed E-state index contributed by atoms with van der Waals surface area (Å²) in [5.74, 6) is 0.0801. The van der Waals surface area contributed by atoms with Crippen molar-refractivity contribution in [2.45, 2.75) is 33.1 Å². The van der Waals surface area contributed by atoms with Crippen LogP contribution in [0.2, 0.25) is 0 Å². The van der Waals surface area contributed by atoms with Crippen LogP contribution < -0.4 is 4.90 Å². The minimum absolute atomic E-state index is 0.326. The van der Waals surface area contributed by atoms with Gasteiger partial charge in [-0.2, -0.15) is 0 Å². The largest absolute Gasteiger partial charge is 0.462 e. The molecule has 1 amide bonds. The Labute approximate surface area is 142 Å². The number of amides is 1. The Hall–Kier alpha value is -1.75. The van der Waals surface area contributed by atoms with Gasteiger partial charge in [-0.25, -0.2) is 9.59 Å². The number of carbonyl (C=O) groups is 2. The van der Waals surface area contributed by atoms with E-state index in [1.165, 1.54) is 4.90 Å². The van der Waals surface area contributed by atoms with E-state index in [1.54, 1.807) is 31.2 Å². The second-order valence-corrected chi connectivity index (χ2v) is 5.31. The second kappa shape index (κ2) is 10.9. The number of rotatable bonds is 9. The molecule has 0 radical (unpaired) electrons. The van der Waals surface area contributed by atoms with Crippen LogP contribution in [0.3, 0.4) is 0 Å². The molecule has 0 bridgehead atoms. The quantitative estimate of drug-likeness (QED) is 0.383. The number of hydrogen-bond acceptors (Lipinski definition) is 4. The van der Waals surface area contributed by atoms with Crippen LogP contribution in [0, 0.1) is 0 Å². The molecule has 0 aliphatic carbocycles. The van der Waals surface area contributed by atoms with Crippen LogP contribution >= 0.6 is 11.6 Å². The Bertz CT molecular complexity index is 490. The molecular weight excluding hydrogens is 318 g/mol. The number of nitrogens with zero attached hydrogens (tertiary/aromatic N) is 1. The zero-order valence-electron chi connectivity index (χ0n) is 13.7. The Kier molecular flexibility index (Phi) is 9.14. The Balaban J connectivity index is 2.80. The summed E-state index contributed by atoms with van der Waals surface area (Å²) < 4.78 is 10.2. The van der Waals surface area contributed by atoms with Crippen LogP contribution in [0.5, 0.6) is 0 Å². The fourth-order valence-corrected chi connectivity index (χ4v) is 2.04. The predicted molar refractivity (Wildman–Crippen MR) is 91.3 cm³/mol. The minimum Gasteiger partial charge on any atom is -0.462 e. The molecule has 0 atom stereocenters. The Morgan fingerprint density at radius 1 is 1.09 bits per heavy atom. The molecule has 6 heteroatoms. The van der Waals surface area contributed by atoms with Crippen molar-refractivity contribution in [3.63, 3.8) is 0 Å². The molecule has 1 aromatic rings. The number of hydrogen-bond donors (Lipinski definition) is 0. The summed E-state index contributed by atoms with van der Waals surface area (Å²) in [7, 11) is 0. The molecule has 0 spiro atoms. The summed E-state index contributed by atoms with van der Waals surface area (Å²) in [4.78, 5) is 25.4. The molecule has 0 fully saturated rings. The molecule has 0 N–H and O–H groups in total. The lowest BCUT2D eigenvalue weighted by Gasteiger charge is -2.22. The standard InChI is InChI=1S/C17H24ClNO4/c1-3-5-13-23-17(21)19(12-6-11-18)15-9-7-14(8-10-15)16(20)22-4-2/h7-10H,3-6,11-13H2,1-2H3. The van der Waals surface area contributed by atoms with Gasteiger partial charge in [-0.1, -0.05) is 13.3 Å². The third-order valence-electron chi connectivity index (χ3n) is 3.15. The molecular formula is C17H24ClNO4. The van der Waals surface area contributed by atoms with Gasteiger partial charge >= 0.3 is 12.1 Å². The fourth-order valence-electron chi connectivity index (χ4n) is 1.92. The number of benzene rings is 1. The van der Waals surface area contributed by atoms with E-state index in [9.17, 15) is 9.59 Å². The SMILES string of the molecule is CCCCOC(=O)N(CCCCl)c1ccc(C(=O)OCC)cc1. The van der Waals surface area contributed by atoms with E-state index < -0.39 is 6.09 Å². The minimum atomic E-state index is -0.396. The summed E-state index contributed by atoms with van der Waals surface area (Å²) in [5, 5.41) is 0. The second-order valence-electron chi connectivity index (χ2n) is 4.93. The zero-order valence-corrected chi connectivity index (χ0v) is 14.5. The highest BCUT2D eigenvalue weighted by atomic mass is 35.5. The van der Waals surface area contributed by atoms with Crippen LogP contribution in [0.15, 0.2) is 24.3 Å². The number of unbranched alkanes of at least 4 members (excludes halogenated alkanes) is 1. The third-order valence-corrected chi connectivity index (χ3v) is 3.42. The number of anilines is 1. The summed E-state index contributed by atoms with van der Waals surface area (Å²) in [5.41, 5.74) is 1.12. The highest BCUT2D eigenvalue weighted by Crippen LogP contribution is 2.18. The number of carbonyl (C=O) groups excluding carboxylic acids is 2. The van der Waals surface area contributed by atoms with Gasteiger partial charge in [0.15, 0.2) is 0 Å². The van der Waals surface area contributed by atoms with E-state index in [-0.39, 0.29) is 5.97 Å². The van der Waals surface area contributed by atoms with Gasteiger partial charge < -0.3 is 9.47 Å². The van der Waals surface area contributed by atoms with Crippen molar-refractivity contribution in [2.75, 3.05) is 30.5 Å². The van der Waals surface area contributed by atoms with E-state index in [2.05, 4.69) is 0 Å². The average Bonchev–Trinajstić information content (AvgIpc) is 2.56. The van der Waals surface area contributed by atoms with Gasteiger partial charge in [-0.05, 0) is 44.0 Å². The van der Waals surface area contributed by atoms with Crippen molar-refractivity contribution in [1.82, 2.24) is 0 Å². The molecule has 0 unspecified atom stereocenters. The first-order valence-corrected chi connectivity index (χ1v) is 8.44. The lowest BCUT2D eigenvalue weighted by molar-refractivity contribution is 0.0526. The van der Waals surface area contributed by atoms with Crippen molar-refractivity contribution in [2.24, 2.45) is 0 Å². The maximum Gasteiger partial charge on any atom is 0.414 e. The van der Waals surface area contributed by atoms with E-state index in [4.69, 9.17) is 21.1 Å². The van der Waals surface area contributed by atoms with E-state index in [0.717, 1.165) is 12.8 Å². The lowest BCUT2D eigenvalue weighted by atomic mass is 10.2. The van der Waals surface area contributed by atoms with Crippen molar-refractivity contribution in [3.05, 3.63) is 29.8 Å². The van der Waals surface area contributed by atoms with Crippen molar-refractivity contribution < 1.29 is 19.1 Å². The molecule has 0 aliphatic heterocycles. The van der Waals surface area contributed by atoms with E-state index in [1.807, 2.05) is 6.92 Å². The van der Waals surface area contributed by atoms with Gasteiger partial charge in [-0.15, -0.1) is 11.6 Å². The molecule has 0 saturated carbocycles. The molecule has 128 valence electrons. The van der Waals surface area contributed by atoms with E-state index >= 15 is 0 Å².